The number of rotatable bonds is 2. The number of hydrogen-bond donors (Lipinski definition) is 1. The molecule has 0 unspecified atom stereocenters. The van der Waals surface area contributed by atoms with Gasteiger partial charge in [-0.3, -0.25) is 4.79 Å². The lowest BCUT2D eigenvalue weighted by Crippen LogP contribution is -2.52. The Morgan fingerprint density at radius 2 is 1.96 bits per heavy atom. The fraction of sp³-hybridized carbons (Fsp3) is 0.611. The number of carbonyl (C=O) groups is 1. The lowest BCUT2D eigenvalue weighted by Gasteiger charge is -2.49. The summed E-state index contributed by atoms with van der Waals surface area (Å²) in [5.41, 5.74) is 2.01. The van der Waals surface area contributed by atoms with Gasteiger partial charge in [0.1, 0.15) is 6.10 Å². The van der Waals surface area contributed by atoms with Crippen molar-refractivity contribution in [1.29, 1.82) is 0 Å². The van der Waals surface area contributed by atoms with Crippen LogP contribution in [0.25, 0.3) is 0 Å². The van der Waals surface area contributed by atoms with Gasteiger partial charge < -0.3 is 19.5 Å². The Balaban J connectivity index is 1.93. The molecule has 1 aromatic rings. The van der Waals surface area contributed by atoms with Crippen LogP contribution in [0, 0.1) is 5.92 Å². The second kappa shape index (κ2) is 5.13. The van der Waals surface area contributed by atoms with E-state index in [1.165, 1.54) is 5.56 Å². The first-order chi connectivity index (χ1) is 11.1. The highest BCUT2D eigenvalue weighted by molar-refractivity contribution is 5.86. The average Bonchev–Trinajstić information content (AvgIpc) is 2.82. The van der Waals surface area contributed by atoms with E-state index >= 15 is 0 Å². The zero-order chi connectivity index (χ0) is 16.2. The number of carbonyl (C=O) groups excluding carboxylic acids is 1. The van der Waals surface area contributed by atoms with Crippen molar-refractivity contribution in [2.75, 3.05) is 20.8 Å². The maximum atomic E-state index is 12.6. The molecule has 1 saturated heterocycles. The van der Waals surface area contributed by atoms with Crippen LogP contribution in [0.15, 0.2) is 12.1 Å². The number of nitrogens with zero attached hydrogens (tertiary/aromatic N) is 1. The second-order valence-electron chi connectivity index (χ2n) is 6.83. The minimum atomic E-state index is -0.866. The van der Waals surface area contributed by atoms with Crippen LogP contribution in [-0.2, 0) is 16.8 Å². The number of benzene rings is 1. The van der Waals surface area contributed by atoms with Crippen LogP contribution in [0.4, 0.5) is 0 Å². The van der Waals surface area contributed by atoms with Crippen LogP contribution in [0.1, 0.15) is 36.8 Å². The van der Waals surface area contributed by atoms with Gasteiger partial charge in [-0.05, 0) is 42.5 Å². The predicted octanol–water partition coefficient (Wildman–Crippen LogP) is 1.85. The van der Waals surface area contributed by atoms with Gasteiger partial charge in [0.05, 0.1) is 19.8 Å². The van der Waals surface area contributed by atoms with E-state index in [1.54, 1.807) is 14.2 Å². The standard InChI is InChI=1S/C18H23NO4/c1-22-14-9-11-6-8-19-17(21)16(20)12-5-3-4-7-18(12,19)13(11)10-15(14)23-2/h9-10,12,16,20H,3-8H2,1-2H3/t12-,16+,18-/m0/s1. The molecule has 3 atom stereocenters. The summed E-state index contributed by atoms with van der Waals surface area (Å²) in [5.74, 6) is 1.31. The molecule has 3 aliphatic rings. The van der Waals surface area contributed by atoms with Crippen molar-refractivity contribution in [2.45, 2.75) is 43.7 Å². The van der Waals surface area contributed by atoms with E-state index in [4.69, 9.17) is 9.47 Å². The largest absolute Gasteiger partial charge is 0.493 e. The Bertz CT molecular complexity index is 659. The molecule has 1 aliphatic carbocycles. The molecule has 4 rings (SSSR count). The van der Waals surface area contributed by atoms with Gasteiger partial charge in [0.25, 0.3) is 5.91 Å². The topological polar surface area (TPSA) is 59.0 Å². The molecule has 2 aliphatic heterocycles. The third-order valence-electron chi connectivity index (χ3n) is 6.00. The molecular formula is C18H23NO4. The highest BCUT2D eigenvalue weighted by Gasteiger charge is 2.61. The van der Waals surface area contributed by atoms with Crippen LogP contribution < -0.4 is 9.47 Å². The van der Waals surface area contributed by atoms with Gasteiger partial charge in [0.15, 0.2) is 11.5 Å². The number of aliphatic hydroxyl groups excluding tert-OH is 1. The molecule has 23 heavy (non-hydrogen) atoms. The molecule has 0 aromatic heterocycles. The van der Waals surface area contributed by atoms with Crippen LogP contribution in [0.3, 0.4) is 0 Å². The summed E-state index contributed by atoms with van der Waals surface area (Å²) < 4.78 is 10.9. The average molecular weight is 317 g/mol. The first-order valence-electron chi connectivity index (χ1n) is 8.38. The smallest absolute Gasteiger partial charge is 0.252 e. The number of fused-ring (bicyclic) bond motifs is 1. The zero-order valence-electron chi connectivity index (χ0n) is 13.7. The molecule has 2 fully saturated rings. The zero-order valence-corrected chi connectivity index (χ0v) is 13.7. The third-order valence-corrected chi connectivity index (χ3v) is 6.00. The molecule has 124 valence electrons. The fourth-order valence-corrected chi connectivity index (χ4v) is 5.02. The van der Waals surface area contributed by atoms with Crippen molar-refractivity contribution >= 4 is 5.91 Å². The number of ether oxygens (including phenoxy) is 2. The highest BCUT2D eigenvalue weighted by atomic mass is 16.5. The summed E-state index contributed by atoms with van der Waals surface area (Å²) in [6.45, 7) is 0.675. The fourth-order valence-electron chi connectivity index (χ4n) is 5.02. The maximum Gasteiger partial charge on any atom is 0.252 e. The van der Waals surface area contributed by atoms with Crippen molar-refractivity contribution in [3.05, 3.63) is 23.3 Å². The summed E-state index contributed by atoms with van der Waals surface area (Å²) in [7, 11) is 3.28. The van der Waals surface area contributed by atoms with E-state index in [9.17, 15) is 9.90 Å². The van der Waals surface area contributed by atoms with Crippen LogP contribution in [0.2, 0.25) is 0 Å². The first kappa shape index (κ1) is 14.8. The van der Waals surface area contributed by atoms with E-state index in [0.717, 1.165) is 43.4 Å². The molecule has 1 saturated carbocycles. The van der Waals surface area contributed by atoms with Crippen molar-refractivity contribution in [3.63, 3.8) is 0 Å². The van der Waals surface area contributed by atoms with Crippen molar-refractivity contribution in [3.8, 4) is 11.5 Å². The van der Waals surface area contributed by atoms with Crippen LogP contribution >= 0.6 is 0 Å². The van der Waals surface area contributed by atoms with Gasteiger partial charge in [-0.1, -0.05) is 12.8 Å². The lowest BCUT2D eigenvalue weighted by atomic mass is 9.66. The van der Waals surface area contributed by atoms with E-state index in [0.29, 0.717) is 12.3 Å². The van der Waals surface area contributed by atoms with E-state index in [1.807, 2.05) is 17.0 Å². The molecule has 0 radical (unpaired) electrons. The van der Waals surface area contributed by atoms with Crippen molar-refractivity contribution in [1.82, 2.24) is 4.90 Å². The van der Waals surface area contributed by atoms with E-state index in [-0.39, 0.29) is 17.4 Å². The summed E-state index contributed by atoms with van der Waals surface area (Å²) in [5, 5.41) is 10.5. The minimum absolute atomic E-state index is 0.0131. The molecule has 1 aromatic carbocycles. The summed E-state index contributed by atoms with van der Waals surface area (Å²) in [6.07, 6.45) is 3.91. The Hall–Kier alpha value is -1.75. The predicted molar refractivity (Wildman–Crippen MR) is 84.6 cm³/mol. The lowest BCUT2D eigenvalue weighted by molar-refractivity contribution is -0.137. The molecule has 5 heteroatoms. The molecule has 1 N–H and O–H groups in total. The summed E-state index contributed by atoms with van der Waals surface area (Å²) >= 11 is 0. The van der Waals surface area contributed by atoms with Crippen molar-refractivity contribution in [2.24, 2.45) is 5.92 Å². The van der Waals surface area contributed by atoms with E-state index in [2.05, 4.69) is 0 Å². The van der Waals surface area contributed by atoms with Gasteiger partial charge in [0.2, 0.25) is 0 Å². The maximum absolute atomic E-state index is 12.6. The van der Waals surface area contributed by atoms with E-state index < -0.39 is 6.10 Å². The first-order valence-corrected chi connectivity index (χ1v) is 8.38. The number of methoxy groups -OCH3 is 2. The number of amides is 1. The third kappa shape index (κ3) is 1.80. The molecule has 2 heterocycles. The van der Waals surface area contributed by atoms with Gasteiger partial charge in [-0.15, -0.1) is 0 Å². The van der Waals surface area contributed by atoms with Gasteiger partial charge in [-0.25, -0.2) is 0 Å². The van der Waals surface area contributed by atoms with Crippen LogP contribution in [0.5, 0.6) is 11.5 Å². The quantitative estimate of drug-likeness (QED) is 0.904. The normalized spacial score (nSPS) is 32.1. The Labute approximate surface area is 136 Å². The molecule has 0 bridgehead atoms. The Morgan fingerprint density at radius 1 is 1.22 bits per heavy atom. The van der Waals surface area contributed by atoms with Crippen LogP contribution in [-0.4, -0.2) is 42.8 Å². The Morgan fingerprint density at radius 3 is 2.70 bits per heavy atom. The van der Waals surface area contributed by atoms with Crippen molar-refractivity contribution < 1.29 is 19.4 Å². The molecule has 1 amide bonds. The number of aliphatic hydroxyl groups is 1. The SMILES string of the molecule is COc1cc2c(cc1OC)[C@]13CCCC[C@H]1[C@@H](O)C(=O)N3CC2. The number of hydrogen-bond acceptors (Lipinski definition) is 4. The van der Waals surface area contributed by atoms with Gasteiger partial charge in [-0.2, -0.15) is 0 Å². The van der Waals surface area contributed by atoms with Gasteiger partial charge in [0, 0.05) is 12.5 Å². The second-order valence-corrected chi connectivity index (χ2v) is 6.83. The van der Waals surface area contributed by atoms with Gasteiger partial charge >= 0.3 is 0 Å². The molecule has 1 spiro atoms. The minimum Gasteiger partial charge on any atom is -0.493 e. The summed E-state index contributed by atoms with van der Waals surface area (Å²) in [6, 6.07) is 4.07. The molecular weight excluding hydrogens is 294 g/mol. The molecule has 5 nitrogen and oxygen atoms in total. The Kier molecular flexibility index (Phi) is 3.30. The summed E-state index contributed by atoms with van der Waals surface area (Å²) in [4.78, 5) is 14.5. The monoisotopic (exact) mass is 317 g/mol. The highest BCUT2D eigenvalue weighted by Crippen LogP contribution is 2.56.